The number of hydrogen-bond acceptors (Lipinski definition) is 5. The third-order valence-electron chi connectivity index (χ3n) is 3.87. The summed E-state index contributed by atoms with van der Waals surface area (Å²) >= 11 is 5.87. The molecule has 9 heteroatoms. The zero-order valence-electron chi connectivity index (χ0n) is 13.8. The van der Waals surface area contributed by atoms with Gasteiger partial charge in [0.05, 0.1) is 29.2 Å². The van der Waals surface area contributed by atoms with Gasteiger partial charge in [0.15, 0.2) is 0 Å². The molecule has 2 heterocycles. The molecule has 0 radical (unpaired) electrons. The number of ether oxygens (including phenoxy) is 2. The van der Waals surface area contributed by atoms with Gasteiger partial charge in [-0.3, -0.25) is 0 Å². The fraction of sp³-hybridized carbons (Fsp3) is 0.438. The molecule has 2 aromatic rings. The smallest absolute Gasteiger partial charge is 0.209 e. The molecular formula is C16H20ClN3O4S. The van der Waals surface area contributed by atoms with Gasteiger partial charge in [0.25, 0.3) is 0 Å². The SMILES string of the molecule is CS(=O)(=O)NC1CCCOC1COc1ccc(-n2cc(Cl)cn2)cc1. The second-order valence-electron chi connectivity index (χ2n) is 5.96. The van der Waals surface area contributed by atoms with Crippen molar-refractivity contribution in [3.05, 3.63) is 41.7 Å². The standard InChI is InChI=1S/C16H20ClN3O4S/c1-25(21,22)19-15-3-2-8-23-16(15)11-24-14-6-4-13(5-7-14)20-10-12(17)9-18-20/h4-7,9-10,15-16,19H,2-3,8,11H2,1H3. The molecule has 25 heavy (non-hydrogen) atoms. The predicted molar refractivity (Wildman–Crippen MR) is 94.8 cm³/mol. The van der Waals surface area contributed by atoms with E-state index in [4.69, 9.17) is 21.1 Å². The molecule has 1 aromatic heterocycles. The number of benzene rings is 1. The average molecular weight is 386 g/mol. The number of sulfonamides is 1. The predicted octanol–water partition coefficient (Wildman–Crippen LogP) is 2.00. The van der Waals surface area contributed by atoms with E-state index in [1.165, 1.54) is 0 Å². The first kappa shape index (κ1) is 18.2. The molecule has 0 aliphatic carbocycles. The van der Waals surface area contributed by atoms with E-state index in [9.17, 15) is 8.42 Å². The zero-order chi connectivity index (χ0) is 17.9. The summed E-state index contributed by atoms with van der Waals surface area (Å²) in [7, 11) is -3.28. The molecular weight excluding hydrogens is 366 g/mol. The minimum atomic E-state index is -3.28. The van der Waals surface area contributed by atoms with Gasteiger partial charge in [0, 0.05) is 12.8 Å². The van der Waals surface area contributed by atoms with Crippen LogP contribution in [0.5, 0.6) is 5.75 Å². The van der Waals surface area contributed by atoms with Crippen molar-refractivity contribution in [3.63, 3.8) is 0 Å². The van der Waals surface area contributed by atoms with Crippen molar-refractivity contribution in [2.45, 2.75) is 25.0 Å². The number of aromatic nitrogens is 2. The molecule has 0 amide bonds. The van der Waals surface area contributed by atoms with E-state index in [1.54, 1.807) is 17.1 Å². The number of rotatable bonds is 6. The van der Waals surface area contributed by atoms with Crippen LogP contribution in [0.3, 0.4) is 0 Å². The third kappa shape index (κ3) is 5.18. The summed E-state index contributed by atoms with van der Waals surface area (Å²) in [5, 5.41) is 4.71. The highest BCUT2D eigenvalue weighted by Gasteiger charge is 2.28. The Labute approximate surface area is 151 Å². The molecule has 2 atom stereocenters. The van der Waals surface area contributed by atoms with Crippen molar-refractivity contribution in [1.29, 1.82) is 0 Å². The fourth-order valence-electron chi connectivity index (χ4n) is 2.73. The Morgan fingerprint density at radius 1 is 1.40 bits per heavy atom. The van der Waals surface area contributed by atoms with Crippen LogP contribution in [0.1, 0.15) is 12.8 Å². The molecule has 1 aromatic carbocycles. The summed E-state index contributed by atoms with van der Waals surface area (Å²) in [5.41, 5.74) is 0.866. The van der Waals surface area contributed by atoms with Crippen LogP contribution in [-0.2, 0) is 14.8 Å². The average Bonchev–Trinajstić information content (AvgIpc) is 3.00. The Hall–Kier alpha value is -1.61. The van der Waals surface area contributed by atoms with Crippen LogP contribution in [0, 0.1) is 0 Å². The van der Waals surface area contributed by atoms with Crippen LogP contribution in [-0.4, -0.2) is 49.8 Å². The second kappa shape index (κ2) is 7.74. The largest absolute Gasteiger partial charge is 0.491 e. The molecule has 0 bridgehead atoms. The summed E-state index contributed by atoms with van der Waals surface area (Å²) in [6.07, 6.45) is 5.69. The van der Waals surface area contributed by atoms with Crippen LogP contribution >= 0.6 is 11.6 Å². The molecule has 1 N–H and O–H groups in total. The Morgan fingerprint density at radius 2 is 2.16 bits per heavy atom. The molecule has 1 fully saturated rings. The molecule has 1 aliphatic heterocycles. The summed E-state index contributed by atoms with van der Waals surface area (Å²) in [6, 6.07) is 7.12. The van der Waals surface area contributed by atoms with Crippen molar-refractivity contribution >= 4 is 21.6 Å². The zero-order valence-corrected chi connectivity index (χ0v) is 15.3. The molecule has 0 spiro atoms. The van der Waals surface area contributed by atoms with Crippen LogP contribution in [0.4, 0.5) is 0 Å². The van der Waals surface area contributed by atoms with Crippen molar-refractivity contribution in [1.82, 2.24) is 14.5 Å². The molecule has 7 nitrogen and oxygen atoms in total. The van der Waals surface area contributed by atoms with Crippen molar-refractivity contribution in [2.24, 2.45) is 0 Å². The van der Waals surface area contributed by atoms with E-state index in [-0.39, 0.29) is 18.8 Å². The van der Waals surface area contributed by atoms with Crippen LogP contribution < -0.4 is 9.46 Å². The first-order valence-electron chi connectivity index (χ1n) is 7.93. The first-order chi connectivity index (χ1) is 11.9. The van der Waals surface area contributed by atoms with Gasteiger partial charge < -0.3 is 9.47 Å². The first-order valence-corrected chi connectivity index (χ1v) is 10.2. The number of nitrogens with zero attached hydrogens (tertiary/aromatic N) is 2. The number of halogens is 1. The lowest BCUT2D eigenvalue weighted by molar-refractivity contribution is -0.0278. The Kier molecular flexibility index (Phi) is 5.63. The van der Waals surface area contributed by atoms with E-state index in [0.717, 1.165) is 24.8 Å². The Bertz CT molecular complexity index is 807. The highest BCUT2D eigenvalue weighted by molar-refractivity contribution is 7.88. The summed E-state index contributed by atoms with van der Waals surface area (Å²) in [6.45, 7) is 0.884. The highest BCUT2D eigenvalue weighted by Crippen LogP contribution is 2.19. The minimum absolute atomic E-state index is 0.269. The highest BCUT2D eigenvalue weighted by atomic mass is 35.5. The van der Waals surface area contributed by atoms with Gasteiger partial charge in [0.1, 0.15) is 18.5 Å². The molecule has 2 unspecified atom stereocenters. The van der Waals surface area contributed by atoms with Gasteiger partial charge in [-0.05, 0) is 37.1 Å². The van der Waals surface area contributed by atoms with Crippen molar-refractivity contribution in [2.75, 3.05) is 19.5 Å². The molecule has 0 saturated carbocycles. The number of hydrogen-bond donors (Lipinski definition) is 1. The van der Waals surface area contributed by atoms with E-state index in [2.05, 4.69) is 9.82 Å². The Balaban J connectivity index is 1.60. The Morgan fingerprint density at radius 3 is 2.80 bits per heavy atom. The van der Waals surface area contributed by atoms with Gasteiger partial charge in [-0.1, -0.05) is 11.6 Å². The molecule has 1 saturated heterocycles. The molecule has 3 rings (SSSR count). The van der Waals surface area contributed by atoms with Gasteiger partial charge in [-0.15, -0.1) is 0 Å². The lowest BCUT2D eigenvalue weighted by Gasteiger charge is -2.31. The fourth-order valence-corrected chi connectivity index (χ4v) is 3.69. The van der Waals surface area contributed by atoms with Gasteiger partial charge in [-0.25, -0.2) is 17.8 Å². The maximum atomic E-state index is 11.5. The van der Waals surface area contributed by atoms with E-state index >= 15 is 0 Å². The van der Waals surface area contributed by atoms with Crippen molar-refractivity contribution in [3.8, 4) is 11.4 Å². The second-order valence-corrected chi connectivity index (χ2v) is 8.17. The van der Waals surface area contributed by atoms with E-state index < -0.39 is 10.0 Å². The van der Waals surface area contributed by atoms with Crippen LogP contribution in [0.25, 0.3) is 5.69 Å². The van der Waals surface area contributed by atoms with Crippen LogP contribution in [0.15, 0.2) is 36.7 Å². The summed E-state index contributed by atoms with van der Waals surface area (Å²) in [5.74, 6) is 0.675. The maximum Gasteiger partial charge on any atom is 0.209 e. The summed E-state index contributed by atoms with van der Waals surface area (Å²) < 4.78 is 38.7. The van der Waals surface area contributed by atoms with Gasteiger partial charge in [-0.2, -0.15) is 5.10 Å². The van der Waals surface area contributed by atoms with Gasteiger partial charge >= 0.3 is 0 Å². The van der Waals surface area contributed by atoms with E-state index in [0.29, 0.717) is 17.4 Å². The van der Waals surface area contributed by atoms with Gasteiger partial charge in [0.2, 0.25) is 10.0 Å². The quantitative estimate of drug-likeness (QED) is 0.822. The number of nitrogens with one attached hydrogen (secondary N) is 1. The lowest BCUT2D eigenvalue weighted by Crippen LogP contribution is -2.49. The maximum absolute atomic E-state index is 11.5. The summed E-state index contributed by atoms with van der Waals surface area (Å²) in [4.78, 5) is 0. The minimum Gasteiger partial charge on any atom is -0.491 e. The van der Waals surface area contributed by atoms with Crippen molar-refractivity contribution < 1.29 is 17.9 Å². The molecule has 136 valence electrons. The lowest BCUT2D eigenvalue weighted by atomic mass is 10.0. The normalized spacial score (nSPS) is 21.2. The van der Waals surface area contributed by atoms with Crippen LogP contribution in [0.2, 0.25) is 5.02 Å². The monoisotopic (exact) mass is 385 g/mol. The topological polar surface area (TPSA) is 82.5 Å². The molecule has 1 aliphatic rings. The van der Waals surface area contributed by atoms with E-state index in [1.807, 2.05) is 24.3 Å². The third-order valence-corrected chi connectivity index (χ3v) is 4.80.